The first-order valence-corrected chi connectivity index (χ1v) is 10.2. The summed E-state index contributed by atoms with van der Waals surface area (Å²) in [5.41, 5.74) is 4.89. The first kappa shape index (κ1) is 20.1. The Balaban J connectivity index is 1.78. The summed E-state index contributed by atoms with van der Waals surface area (Å²) in [6.45, 7) is 4.28. The Labute approximate surface area is 166 Å². The standard InChI is InChI=1S/C24H28O4/c1-3-5-7-17-10-12-18(13-11-17)24(26)28-22-15-20-9-6-8-19(20)14-21(22)16-23(25)27-4-2/h10-15H,3-9,16H2,1-2H3. The van der Waals surface area contributed by atoms with E-state index in [4.69, 9.17) is 9.47 Å². The van der Waals surface area contributed by atoms with E-state index in [0.717, 1.165) is 38.5 Å². The van der Waals surface area contributed by atoms with E-state index < -0.39 is 5.97 Å². The van der Waals surface area contributed by atoms with Crippen molar-refractivity contribution in [3.63, 3.8) is 0 Å². The molecule has 0 heterocycles. The average Bonchev–Trinajstić information content (AvgIpc) is 3.14. The van der Waals surface area contributed by atoms with E-state index >= 15 is 0 Å². The van der Waals surface area contributed by atoms with Crippen LogP contribution in [0.4, 0.5) is 0 Å². The molecule has 0 atom stereocenters. The Morgan fingerprint density at radius 2 is 1.71 bits per heavy atom. The molecule has 4 heteroatoms. The van der Waals surface area contributed by atoms with Gasteiger partial charge in [-0.15, -0.1) is 0 Å². The third-order valence-corrected chi connectivity index (χ3v) is 5.13. The molecule has 1 aliphatic carbocycles. The summed E-state index contributed by atoms with van der Waals surface area (Å²) < 4.78 is 10.8. The van der Waals surface area contributed by atoms with Crippen LogP contribution in [0.3, 0.4) is 0 Å². The second-order valence-corrected chi connectivity index (χ2v) is 7.25. The van der Waals surface area contributed by atoms with Gasteiger partial charge in [0.25, 0.3) is 0 Å². The summed E-state index contributed by atoms with van der Waals surface area (Å²) in [5.74, 6) is -0.239. The molecule has 0 N–H and O–H groups in total. The first-order valence-electron chi connectivity index (χ1n) is 10.2. The van der Waals surface area contributed by atoms with Gasteiger partial charge in [0.05, 0.1) is 18.6 Å². The van der Waals surface area contributed by atoms with Crippen molar-refractivity contribution in [2.24, 2.45) is 0 Å². The van der Waals surface area contributed by atoms with Crippen LogP contribution in [0, 0.1) is 0 Å². The summed E-state index contributed by atoms with van der Waals surface area (Å²) >= 11 is 0. The fourth-order valence-electron chi connectivity index (χ4n) is 3.60. The van der Waals surface area contributed by atoms with Crippen LogP contribution in [0.5, 0.6) is 5.75 Å². The molecule has 0 bridgehead atoms. The molecule has 28 heavy (non-hydrogen) atoms. The van der Waals surface area contributed by atoms with Gasteiger partial charge in [-0.3, -0.25) is 4.79 Å². The first-order chi connectivity index (χ1) is 13.6. The predicted octanol–water partition coefficient (Wildman–Crippen LogP) is 4.84. The zero-order valence-corrected chi connectivity index (χ0v) is 16.8. The van der Waals surface area contributed by atoms with Gasteiger partial charge in [0.2, 0.25) is 0 Å². The third-order valence-electron chi connectivity index (χ3n) is 5.13. The van der Waals surface area contributed by atoms with Gasteiger partial charge in [-0.25, -0.2) is 4.79 Å². The van der Waals surface area contributed by atoms with Gasteiger partial charge < -0.3 is 9.47 Å². The fourth-order valence-corrected chi connectivity index (χ4v) is 3.60. The zero-order chi connectivity index (χ0) is 19.9. The second-order valence-electron chi connectivity index (χ2n) is 7.25. The van der Waals surface area contributed by atoms with Crippen LogP contribution in [0.15, 0.2) is 36.4 Å². The molecular formula is C24H28O4. The van der Waals surface area contributed by atoms with Crippen LogP contribution in [0.1, 0.15) is 65.7 Å². The largest absolute Gasteiger partial charge is 0.466 e. The Morgan fingerprint density at radius 3 is 2.39 bits per heavy atom. The van der Waals surface area contributed by atoms with Crippen LogP contribution < -0.4 is 4.74 Å². The molecule has 148 valence electrons. The van der Waals surface area contributed by atoms with Crippen LogP contribution in [-0.2, 0) is 35.2 Å². The number of ether oxygens (including phenoxy) is 2. The molecule has 0 saturated carbocycles. The minimum absolute atomic E-state index is 0.111. The summed E-state index contributed by atoms with van der Waals surface area (Å²) in [4.78, 5) is 24.6. The predicted molar refractivity (Wildman–Crippen MR) is 109 cm³/mol. The highest BCUT2D eigenvalue weighted by Crippen LogP contribution is 2.31. The van der Waals surface area contributed by atoms with E-state index in [2.05, 4.69) is 6.92 Å². The fraction of sp³-hybridized carbons (Fsp3) is 0.417. The molecule has 0 aliphatic heterocycles. The number of aryl methyl sites for hydroxylation is 3. The summed E-state index contributed by atoms with van der Waals surface area (Å²) in [5, 5.41) is 0. The molecule has 0 unspecified atom stereocenters. The quantitative estimate of drug-likeness (QED) is 0.486. The lowest BCUT2D eigenvalue weighted by molar-refractivity contribution is -0.142. The lowest BCUT2D eigenvalue weighted by atomic mass is 10.0. The molecule has 4 nitrogen and oxygen atoms in total. The highest BCUT2D eigenvalue weighted by molar-refractivity contribution is 5.91. The molecule has 1 aliphatic rings. The monoisotopic (exact) mass is 380 g/mol. The van der Waals surface area contributed by atoms with Crippen LogP contribution in [0.25, 0.3) is 0 Å². The number of esters is 2. The highest BCUT2D eigenvalue weighted by Gasteiger charge is 2.20. The minimum Gasteiger partial charge on any atom is -0.466 e. The Kier molecular flexibility index (Phi) is 6.85. The van der Waals surface area contributed by atoms with E-state index in [9.17, 15) is 9.59 Å². The topological polar surface area (TPSA) is 52.6 Å². The van der Waals surface area contributed by atoms with E-state index in [1.165, 1.54) is 16.7 Å². The Morgan fingerprint density at radius 1 is 1.00 bits per heavy atom. The minimum atomic E-state index is -0.398. The number of hydrogen-bond donors (Lipinski definition) is 0. The van der Waals surface area contributed by atoms with E-state index in [1.54, 1.807) is 6.92 Å². The van der Waals surface area contributed by atoms with Gasteiger partial charge >= 0.3 is 11.9 Å². The SMILES string of the molecule is CCCCc1ccc(C(=O)Oc2cc3c(cc2CC(=O)OCC)CCC3)cc1. The van der Waals surface area contributed by atoms with Gasteiger partial charge in [0.1, 0.15) is 5.75 Å². The van der Waals surface area contributed by atoms with Crippen molar-refractivity contribution < 1.29 is 19.1 Å². The molecular weight excluding hydrogens is 352 g/mol. The number of carbonyl (C=O) groups is 2. The molecule has 0 amide bonds. The van der Waals surface area contributed by atoms with Gasteiger partial charge in [-0.2, -0.15) is 0 Å². The number of fused-ring (bicyclic) bond motifs is 1. The molecule has 0 fully saturated rings. The molecule has 0 radical (unpaired) electrons. The van der Waals surface area contributed by atoms with Crippen molar-refractivity contribution in [1.82, 2.24) is 0 Å². The maximum atomic E-state index is 12.7. The van der Waals surface area contributed by atoms with Crippen molar-refractivity contribution in [2.45, 2.75) is 58.8 Å². The summed E-state index contributed by atoms with van der Waals surface area (Å²) in [6, 6.07) is 11.5. The van der Waals surface area contributed by atoms with Crippen LogP contribution in [-0.4, -0.2) is 18.5 Å². The summed E-state index contributed by atoms with van der Waals surface area (Å²) in [7, 11) is 0. The Hall–Kier alpha value is -2.62. The highest BCUT2D eigenvalue weighted by atomic mass is 16.5. The molecule has 0 aromatic heterocycles. The summed E-state index contributed by atoms with van der Waals surface area (Å²) in [6.07, 6.45) is 6.47. The number of rotatable bonds is 8. The van der Waals surface area contributed by atoms with E-state index in [-0.39, 0.29) is 12.4 Å². The Bertz CT molecular complexity index is 836. The van der Waals surface area contributed by atoms with Crippen molar-refractivity contribution >= 4 is 11.9 Å². The molecule has 0 saturated heterocycles. The average molecular weight is 380 g/mol. The number of unbranched alkanes of at least 4 members (excludes halogenated alkanes) is 1. The van der Waals surface area contributed by atoms with Crippen molar-refractivity contribution in [3.05, 3.63) is 64.2 Å². The second kappa shape index (κ2) is 9.54. The maximum Gasteiger partial charge on any atom is 0.343 e. The third kappa shape index (κ3) is 5.00. The van der Waals surface area contributed by atoms with Gasteiger partial charge in [0.15, 0.2) is 0 Å². The van der Waals surface area contributed by atoms with Gasteiger partial charge in [0, 0.05) is 5.56 Å². The van der Waals surface area contributed by atoms with Crippen LogP contribution >= 0.6 is 0 Å². The maximum absolute atomic E-state index is 12.7. The molecule has 2 aromatic rings. The lowest BCUT2D eigenvalue weighted by Crippen LogP contribution is -2.13. The van der Waals surface area contributed by atoms with Crippen molar-refractivity contribution in [3.8, 4) is 5.75 Å². The number of benzene rings is 2. The van der Waals surface area contributed by atoms with Crippen molar-refractivity contribution in [1.29, 1.82) is 0 Å². The normalized spacial score (nSPS) is 12.5. The number of carbonyl (C=O) groups excluding carboxylic acids is 2. The molecule has 0 spiro atoms. The van der Waals surface area contributed by atoms with Crippen molar-refractivity contribution in [2.75, 3.05) is 6.61 Å². The lowest BCUT2D eigenvalue weighted by Gasteiger charge is -2.13. The van der Waals surface area contributed by atoms with Crippen LogP contribution in [0.2, 0.25) is 0 Å². The smallest absolute Gasteiger partial charge is 0.343 e. The van der Waals surface area contributed by atoms with Gasteiger partial charge in [-0.1, -0.05) is 31.5 Å². The number of hydrogen-bond acceptors (Lipinski definition) is 4. The van der Waals surface area contributed by atoms with E-state index in [1.807, 2.05) is 36.4 Å². The zero-order valence-electron chi connectivity index (χ0n) is 16.8. The molecule has 3 rings (SSSR count). The molecule has 2 aromatic carbocycles. The van der Waals surface area contributed by atoms with Gasteiger partial charge in [-0.05, 0) is 73.9 Å². The van der Waals surface area contributed by atoms with E-state index in [0.29, 0.717) is 23.5 Å².